The molecule has 1 amide bonds. The number of hydrogen-bond acceptors (Lipinski definition) is 3. The van der Waals surface area contributed by atoms with Gasteiger partial charge in [0, 0.05) is 18.1 Å². The van der Waals surface area contributed by atoms with E-state index < -0.39 is 0 Å². The third-order valence-corrected chi connectivity index (χ3v) is 5.63. The molecule has 1 saturated heterocycles. The van der Waals surface area contributed by atoms with Gasteiger partial charge in [-0.2, -0.15) is 0 Å². The molecule has 0 bridgehead atoms. The third kappa shape index (κ3) is 3.22. The molecule has 0 aromatic carbocycles. The first-order valence-electron chi connectivity index (χ1n) is 8.41. The van der Waals surface area contributed by atoms with E-state index in [4.69, 9.17) is 4.74 Å². The monoisotopic (exact) mass is 316 g/mol. The highest BCUT2D eigenvalue weighted by molar-refractivity contribution is 5.85. The minimum atomic E-state index is 0. The number of ether oxygens (including phenoxy) is 1. The van der Waals surface area contributed by atoms with Crippen LogP contribution in [0.1, 0.15) is 58.3 Å². The van der Waals surface area contributed by atoms with Crippen molar-refractivity contribution in [2.24, 2.45) is 5.41 Å². The Morgan fingerprint density at radius 3 is 2.67 bits per heavy atom. The minimum Gasteiger partial charge on any atom is -0.378 e. The summed E-state index contributed by atoms with van der Waals surface area (Å²) in [7, 11) is 0. The Hall–Kier alpha value is -0.320. The predicted octanol–water partition coefficient (Wildman–Crippen LogP) is 2.40. The standard InChI is InChI=1S/C16H28N2O2.ClH/c1-2-20-14-11-13(16(14)8-4-3-5-9-16)18-15(19)12-7-6-10-17-12;/h12-14,17H,2-11H2,1H3,(H,18,19);1H. The van der Waals surface area contributed by atoms with E-state index in [0.29, 0.717) is 12.1 Å². The van der Waals surface area contributed by atoms with Crippen LogP contribution < -0.4 is 10.6 Å². The van der Waals surface area contributed by atoms with Gasteiger partial charge in [-0.3, -0.25) is 4.79 Å². The van der Waals surface area contributed by atoms with Crippen LogP contribution in [0.4, 0.5) is 0 Å². The van der Waals surface area contributed by atoms with Crippen LogP contribution in [0.3, 0.4) is 0 Å². The predicted molar refractivity (Wildman–Crippen MR) is 85.8 cm³/mol. The summed E-state index contributed by atoms with van der Waals surface area (Å²) in [4.78, 5) is 12.3. The van der Waals surface area contributed by atoms with Gasteiger partial charge in [-0.1, -0.05) is 19.3 Å². The molecule has 4 nitrogen and oxygen atoms in total. The minimum absolute atomic E-state index is 0. The first-order valence-corrected chi connectivity index (χ1v) is 8.41. The van der Waals surface area contributed by atoms with Crippen molar-refractivity contribution in [3.8, 4) is 0 Å². The van der Waals surface area contributed by atoms with Gasteiger partial charge >= 0.3 is 0 Å². The zero-order chi connectivity index (χ0) is 14.0. The summed E-state index contributed by atoms with van der Waals surface area (Å²) >= 11 is 0. The Labute approximate surface area is 134 Å². The maximum atomic E-state index is 12.3. The molecule has 3 fully saturated rings. The largest absolute Gasteiger partial charge is 0.378 e. The van der Waals surface area contributed by atoms with Crippen molar-refractivity contribution in [1.82, 2.24) is 10.6 Å². The van der Waals surface area contributed by atoms with Crippen molar-refractivity contribution >= 4 is 18.3 Å². The lowest BCUT2D eigenvalue weighted by Crippen LogP contribution is -2.66. The van der Waals surface area contributed by atoms with Gasteiger partial charge in [-0.25, -0.2) is 0 Å². The number of amides is 1. The van der Waals surface area contributed by atoms with Gasteiger partial charge in [0.1, 0.15) is 0 Å². The molecule has 0 radical (unpaired) electrons. The van der Waals surface area contributed by atoms with E-state index in [1.165, 1.54) is 32.1 Å². The molecule has 3 unspecified atom stereocenters. The van der Waals surface area contributed by atoms with Crippen LogP contribution in [0.2, 0.25) is 0 Å². The van der Waals surface area contributed by atoms with E-state index in [9.17, 15) is 4.79 Å². The summed E-state index contributed by atoms with van der Waals surface area (Å²) in [5, 5.41) is 6.62. The molecule has 0 aromatic heterocycles. The molecule has 122 valence electrons. The Morgan fingerprint density at radius 2 is 2.05 bits per heavy atom. The first-order chi connectivity index (χ1) is 9.76. The van der Waals surface area contributed by atoms with Gasteiger partial charge in [0.05, 0.1) is 12.1 Å². The van der Waals surface area contributed by atoms with E-state index in [1.54, 1.807) is 0 Å². The molecule has 2 N–H and O–H groups in total. The fourth-order valence-corrected chi connectivity index (χ4v) is 4.45. The van der Waals surface area contributed by atoms with Gasteiger partial charge < -0.3 is 15.4 Å². The van der Waals surface area contributed by atoms with Crippen LogP contribution in [0, 0.1) is 5.41 Å². The Morgan fingerprint density at radius 1 is 1.29 bits per heavy atom. The van der Waals surface area contributed by atoms with E-state index in [0.717, 1.165) is 32.4 Å². The van der Waals surface area contributed by atoms with E-state index in [2.05, 4.69) is 17.6 Å². The van der Waals surface area contributed by atoms with Crippen molar-refractivity contribution in [2.75, 3.05) is 13.2 Å². The molecule has 3 atom stereocenters. The highest BCUT2D eigenvalue weighted by atomic mass is 35.5. The van der Waals surface area contributed by atoms with Gasteiger partial charge in [0.15, 0.2) is 0 Å². The average molecular weight is 317 g/mol. The maximum absolute atomic E-state index is 12.3. The highest BCUT2D eigenvalue weighted by Crippen LogP contribution is 2.53. The number of rotatable bonds is 4. The molecule has 0 aromatic rings. The first kappa shape index (κ1) is 17.0. The van der Waals surface area contributed by atoms with Gasteiger partial charge in [-0.05, 0) is 45.6 Å². The summed E-state index contributed by atoms with van der Waals surface area (Å²) in [5.74, 6) is 0.215. The van der Waals surface area contributed by atoms with Crippen LogP contribution in [-0.4, -0.2) is 37.2 Å². The molecular formula is C16H29ClN2O2. The summed E-state index contributed by atoms with van der Waals surface area (Å²) in [6.45, 7) is 3.84. The molecule has 1 heterocycles. The summed E-state index contributed by atoms with van der Waals surface area (Å²) in [6, 6.07) is 0.385. The maximum Gasteiger partial charge on any atom is 0.237 e. The molecule has 21 heavy (non-hydrogen) atoms. The summed E-state index contributed by atoms with van der Waals surface area (Å²) in [5.41, 5.74) is 0.239. The lowest BCUT2D eigenvalue weighted by atomic mass is 9.55. The Balaban J connectivity index is 0.00000161. The number of hydrogen-bond donors (Lipinski definition) is 2. The normalized spacial score (nSPS) is 34.0. The van der Waals surface area contributed by atoms with Crippen LogP contribution in [0.15, 0.2) is 0 Å². The van der Waals surface area contributed by atoms with Crippen LogP contribution >= 0.6 is 12.4 Å². The van der Waals surface area contributed by atoms with E-state index in [-0.39, 0.29) is 29.8 Å². The van der Waals surface area contributed by atoms with Crippen LogP contribution in [0.25, 0.3) is 0 Å². The van der Waals surface area contributed by atoms with Gasteiger partial charge in [0.25, 0.3) is 0 Å². The van der Waals surface area contributed by atoms with Gasteiger partial charge in [-0.15, -0.1) is 12.4 Å². The number of carbonyl (C=O) groups excluding carboxylic acids is 1. The lowest BCUT2D eigenvalue weighted by molar-refractivity contribution is -0.157. The Kier molecular flexibility index (Phi) is 5.92. The second-order valence-electron chi connectivity index (χ2n) is 6.68. The summed E-state index contributed by atoms with van der Waals surface area (Å²) in [6.07, 6.45) is 9.85. The third-order valence-electron chi connectivity index (χ3n) is 5.63. The molecular weight excluding hydrogens is 288 g/mol. The van der Waals surface area contributed by atoms with Crippen molar-refractivity contribution in [2.45, 2.75) is 76.5 Å². The zero-order valence-electron chi connectivity index (χ0n) is 13.0. The van der Waals surface area contributed by atoms with Crippen molar-refractivity contribution in [1.29, 1.82) is 0 Å². The van der Waals surface area contributed by atoms with Crippen LogP contribution in [0.5, 0.6) is 0 Å². The quantitative estimate of drug-likeness (QED) is 0.837. The molecule has 3 aliphatic rings. The Bertz CT molecular complexity index is 352. The summed E-state index contributed by atoms with van der Waals surface area (Å²) < 4.78 is 5.94. The fourth-order valence-electron chi connectivity index (χ4n) is 4.45. The molecule has 5 heteroatoms. The molecule has 2 saturated carbocycles. The van der Waals surface area contributed by atoms with E-state index >= 15 is 0 Å². The molecule has 1 spiro atoms. The molecule has 2 aliphatic carbocycles. The van der Waals surface area contributed by atoms with Crippen LogP contribution in [-0.2, 0) is 9.53 Å². The number of halogens is 1. The van der Waals surface area contributed by atoms with E-state index in [1.807, 2.05) is 0 Å². The van der Waals surface area contributed by atoms with Gasteiger partial charge in [0.2, 0.25) is 5.91 Å². The second kappa shape index (κ2) is 7.30. The van der Waals surface area contributed by atoms with Crippen molar-refractivity contribution in [3.63, 3.8) is 0 Å². The topological polar surface area (TPSA) is 50.4 Å². The highest BCUT2D eigenvalue weighted by Gasteiger charge is 2.56. The lowest BCUT2D eigenvalue weighted by Gasteiger charge is -2.57. The van der Waals surface area contributed by atoms with Crippen molar-refractivity contribution < 1.29 is 9.53 Å². The zero-order valence-corrected chi connectivity index (χ0v) is 13.8. The molecule has 1 aliphatic heterocycles. The SMILES string of the molecule is CCOC1CC(NC(=O)C2CCCN2)C12CCCCC2.Cl. The average Bonchev–Trinajstić information content (AvgIpc) is 3.01. The smallest absolute Gasteiger partial charge is 0.237 e. The second-order valence-corrected chi connectivity index (χ2v) is 6.68. The van der Waals surface area contributed by atoms with Crippen molar-refractivity contribution in [3.05, 3.63) is 0 Å². The number of carbonyl (C=O) groups is 1. The number of nitrogens with one attached hydrogen (secondary N) is 2. The molecule has 3 rings (SSSR count). The fraction of sp³-hybridized carbons (Fsp3) is 0.938.